The second-order valence-corrected chi connectivity index (χ2v) is 5.63. The molecule has 1 atom stereocenters. The number of hydrogen-bond donors (Lipinski definition) is 3. The minimum atomic E-state index is -1.16. The van der Waals surface area contributed by atoms with E-state index in [1.807, 2.05) is 0 Å². The van der Waals surface area contributed by atoms with Crippen LogP contribution in [-0.2, 0) is 0 Å². The third-order valence-electron chi connectivity index (χ3n) is 2.60. The number of carbonyl (C=O) groups excluding carboxylic acids is 1. The highest BCUT2D eigenvalue weighted by Gasteiger charge is 2.17. The van der Waals surface area contributed by atoms with Crippen LogP contribution in [0.1, 0.15) is 38.8 Å². The number of carboxylic acids is 1. The van der Waals surface area contributed by atoms with Crippen LogP contribution in [0.5, 0.6) is 0 Å². The number of thiazole rings is 1. The molecule has 1 aromatic carbocycles. The van der Waals surface area contributed by atoms with Gasteiger partial charge in [0, 0.05) is 10.4 Å². The number of benzene rings is 1. The van der Waals surface area contributed by atoms with Crippen molar-refractivity contribution in [2.45, 2.75) is 13.0 Å². The number of nitrogens with one attached hydrogen (secondary N) is 1. The minimum Gasteiger partial charge on any atom is -0.478 e. The largest absolute Gasteiger partial charge is 0.478 e. The number of amides is 1. The van der Waals surface area contributed by atoms with Crippen molar-refractivity contribution in [1.29, 1.82) is 0 Å². The van der Waals surface area contributed by atoms with Crippen LogP contribution < -0.4 is 11.1 Å². The van der Waals surface area contributed by atoms with E-state index in [0.717, 1.165) is 0 Å². The number of anilines is 1. The van der Waals surface area contributed by atoms with E-state index < -0.39 is 11.9 Å². The molecule has 0 aliphatic carbocycles. The molecule has 0 saturated carbocycles. The summed E-state index contributed by atoms with van der Waals surface area (Å²) in [5, 5.41) is 14.1. The third kappa shape index (κ3) is 3.57. The second-order valence-electron chi connectivity index (χ2n) is 4.31. The summed E-state index contributed by atoms with van der Waals surface area (Å²) in [6.07, 6.45) is 0. The van der Waals surface area contributed by atoms with Crippen LogP contribution in [0, 0.1) is 0 Å². The van der Waals surface area contributed by atoms with Crippen molar-refractivity contribution < 1.29 is 14.7 Å². The Labute approximate surface area is 129 Å². The molecule has 1 unspecified atom stereocenters. The minimum absolute atomic E-state index is 0.0459. The van der Waals surface area contributed by atoms with E-state index in [9.17, 15) is 9.59 Å². The number of carbonyl (C=O) groups is 2. The molecule has 0 fully saturated rings. The zero-order chi connectivity index (χ0) is 15.6. The van der Waals surface area contributed by atoms with E-state index in [2.05, 4.69) is 10.3 Å². The summed E-state index contributed by atoms with van der Waals surface area (Å²) < 4.78 is 0. The maximum Gasteiger partial charge on any atom is 0.337 e. The van der Waals surface area contributed by atoms with Gasteiger partial charge in [-0.25, -0.2) is 9.78 Å². The Bertz CT molecular complexity index is 700. The summed E-state index contributed by atoms with van der Waals surface area (Å²) in [7, 11) is 0. The first-order valence-corrected chi connectivity index (χ1v) is 7.19. The first kappa shape index (κ1) is 15.4. The highest BCUT2D eigenvalue weighted by atomic mass is 35.5. The summed E-state index contributed by atoms with van der Waals surface area (Å²) in [4.78, 5) is 27.3. The van der Waals surface area contributed by atoms with E-state index in [-0.39, 0.29) is 23.0 Å². The normalized spacial score (nSPS) is 12.0. The number of nitrogens with two attached hydrogens (primary N) is 1. The lowest BCUT2D eigenvalue weighted by Gasteiger charge is -2.07. The molecule has 0 saturated heterocycles. The van der Waals surface area contributed by atoms with Crippen molar-refractivity contribution in [1.82, 2.24) is 4.98 Å². The summed E-state index contributed by atoms with van der Waals surface area (Å²) in [5.41, 5.74) is 5.94. The van der Waals surface area contributed by atoms with Crippen molar-refractivity contribution in [2.24, 2.45) is 5.73 Å². The molecule has 0 bridgehead atoms. The van der Waals surface area contributed by atoms with Gasteiger partial charge in [0.1, 0.15) is 10.7 Å². The fraction of sp³-hybridized carbons (Fsp3) is 0.154. The number of carboxylic acid groups (broad SMARTS) is 1. The average molecular weight is 326 g/mol. The Balaban J connectivity index is 2.26. The van der Waals surface area contributed by atoms with Gasteiger partial charge in [-0.3, -0.25) is 4.79 Å². The van der Waals surface area contributed by atoms with Gasteiger partial charge in [-0.2, -0.15) is 0 Å². The lowest BCUT2D eigenvalue weighted by atomic mass is 10.1. The number of aromatic nitrogens is 1. The topological polar surface area (TPSA) is 105 Å². The van der Waals surface area contributed by atoms with Crippen molar-refractivity contribution in [3.63, 3.8) is 0 Å². The van der Waals surface area contributed by atoms with Gasteiger partial charge in [0.25, 0.3) is 5.91 Å². The van der Waals surface area contributed by atoms with Crippen LogP contribution in [0.15, 0.2) is 23.6 Å². The van der Waals surface area contributed by atoms with Crippen LogP contribution in [0.3, 0.4) is 0 Å². The van der Waals surface area contributed by atoms with Gasteiger partial charge >= 0.3 is 5.97 Å². The van der Waals surface area contributed by atoms with E-state index in [0.29, 0.717) is 10.0 Å². The van der Waals surface area contributed by atoms with Crippen LogP contribution in [0.4, 0.5) is 5.69 Å². The molecule has 1 heterocycles. The number of nitrogens with zero attached hydrogens (tertiary/aromatic N) is 1. The molecule has 2 aromatic rings. The fourth-order valence-corrected chi connectivity index (χ4v) is 2.52. The lowest BCUT2D eigenvalue weighted by Crippen LogP contribution is -2.15. The number of hydrogen-bond acceptors (Lipinski definition) is 5. The van der Waals surface area contributed by atoms with Crippen molar-refractivity contribution >= 4 is 40.5 Å². The summed E-state index contributed by atoms with van der Waals surface area (Å²) in [6.45, 7) is 1.76. The standard InChI is InChI=1S/C13H12ClN3O3S/c1-6(15)12-17-10(5-21-12)11(18)16-9-4-7(14)2-3-8(9)13(19)20/h2-6H,15H2,1H3,(H,16,18)(H,19,20). The van der Waals surface area contributed by atoms with E-state index in [1.54, 1.807) is 12.3 Å². The zero-order valence-corrected chi connectivity index (χ0v) is 12.5. The maximum atomic E-state index is 12.1. The number of halogens is 1. The molecular weight excluding hydrogens is 314 g/mol. The first-order valence-electron chi connectivity index (χ1n) is 5.93. The van der Waals surface area contributed by atoms with Crippen LogP contribution in [0.25, 0.3) is 0 Å². The Hall–Kier alpha value is -1.96. The number of rotatable bonds is 4. The van der Waals surface area contributed by atoms with Gasteiger partial charge in [0.05, 0.1) is 17.3 Å². The monoisotopic (exact) mass is 325 g/mol. The Morgan fingerprint density at radius 1 is 1.48 bits per heavy atom. The summed E-state index contributed by atoms with van der Waals surface area (Å²) >= 11 is 7.09. The van der Waals surface area contributed by atoms with E-state index in [4.69, 9.17) is 22.4 Å². The SMILES string of the molecule is CC(N)c1nc(C(=O)Nc2cc(Cl)ccc2C(=O)O)cs1. The zero-order valence-electron chi connectivity index (χ0n) is 11.0. The van der Waals surface area contributed by atoms with Gasteiger partial charge in [0.15, 0.2) is 0 Å². The Morgan fingerprint density at radius 3 is 2.76 bits per heavy atom. The Morgan fingerprint density at radius 2 is 2.19 bits per heavy atom. The molecule has 110 valence electrons. The third-order valence-corrected chi connectivity index (χ3v) is 3.89. The Kier molecular flexibility index (Phi) is 4.56. The van der Waals surface area contributed by atoms with E-state index in [1.165, 1.54) is 29.5 Å². The van der Waals surface area contributed by atoms with Crippen LogP contribution >= 0.6 is 22.9 Å². The molecule has 1 aromatic heterocycles. The molecule has 2 rings (SSSR count). The molecule has 21 heavy (non-hydrogen) atoms. The predicted octanol–water partition coefficient (Wildman–Crippen LogP) is 2.77. The number of aromatic carboxylic acids is 1. The molecule has 0 radical (unpaired) electrons. The lowest BCUT2D eigenvalue weighted by molar-refractivity contribution is 0.0698. The second kappa shape index (κ2) is 6.21. The first-order chi connectivity index (χ1) is 9.88. The highest BCUT2D eigenvalue weighted by Crippen LogP contribution is 2.23. The van der Waals surface area contributed by atoms with Crippen molar-refractivity contribution in [2.75, 3.05) is 5.32 Å². The van der Waals surface area contributed by atoms with Crippen molar-refractivity contribution in [3.05, 3.63) is 44.9 Å². The van der Waals surface area contributed by atoms with Gasteiger partial charge in [-0.15, -0.1) is 11.3 Å². The molecular formula is C13H12ClN3O3S. The molecule has 4 N–H and O–H groups in total. The molecule has 6 nitrogen and oxygen atoms in total. The van der Waals surface area contributed by atoms with Gasteiger partial charge in [0.2, 0.25) is 0 Å². The highest BCUT2D eigenvalue weighted by molar-refractivity contribution is 7.09. The van der Waals surface area contributed by atoms with Gasteiger partial charge in [-0.1, -0.05) is 11.6 Å². The average Bonchev–Trinajstić information content (AvgIpc) is 2.88. The van der Waals surface area contributed by atoms with Gasteiger partial charge in [-0.05, 0) is 25.1 Å². The molecule has 8 heteroatoms. The molecule has 1 amide bonds. The van der Waals surface area contributed by atoms with Crippen molar-refractivity contribution in [3.8, 4) is 0 Å². The smallest absolute Gasteiger partial charge is 0.337 e. The van der Waals surface area contributed by atoms with Crippen LogP contribution in [-0.4, -0.2) is 22.0 Å². The predicted molar refractivity (Wildman–Crippen MR) is 81.1 cm³/mol. The molecule has 0 aliphatic rings. The van der Waals surface area contributed by atoms with Gasteiger partial charge < -0.3 is 16.2 Å². The summed E-state index contributed by atoms with van der Waals surface area (Å²) in [6, 6.07) is 3.88. The van der Waals surface area contributed by atoms with Crippen LogP contribution in [0.2, 0.25) is 5.02 Å². The maximum absolute atomic E-state index is 12.1. The van der Waals surface area contributed by atoms with E-state index >= 15 is 0 Å². The quantitative estimate of drug-likeness (QED) is 0.801. The summed E-state index contributed by atoms with van der Waals surface area (Å²) in [5.74, 6) is -1.67. The fourth-order valence-electron chi connectivity index (χ4n) is 1.59. The molecule has 0 spiro atoms. The molecule has 0 aliphatic heterocycles.